The van der Waals surface area contributed by atoms with Gasteiger partial charge in [-0.25, -0.2) is 14.4 Å². The normalized spacial score (nSPS) is 10.5. The molecular weight excluding hydrogens is 378 g/mol. The van der Waals surface area contributed by atoms with Gasteiger partial charge in [0, 0.05) is 27.1 Å². The number of carbonyl (C=O) groups is 1. The van der Waals surface area contributed by atoms with Crippen molar-refractivity contribution in [1.82, 2.24) is 9.97 Å². The van der Waals surface area contributed by atoms with Crippen LogP contribution in [-0.2, 0) is 0 Å². The Morgan fingerprint density at radius 1 is 1.00 bits per heavy atom. The molecule has 1 amide bonds. The first-order valence-corrected chi connectivity index (χ1v) is 8.30. The Morgan fingerprint density at radius 2 is 1.73 bits per heavy atom. The third-order valence-electron chi connectivity index (χ3n) is 3.29. The monoisotopic (exact) mass is 390 g/mol. The Hall–Kier alpha value is -2.70. The molecule has 3 rings (SSSR count). The lowest BCUT2D eigenvalue weighted by Gasteiger charge is -2.09. The smallest absolute Gasteiger partial charge is 0.274 e. The van der Waals surface area contributed by atoms with E-state index in [0.29, 0.717) is 27.1 Å². The number of anilines is 3. The molecule has 26 heavy (non-hydrogen) atoms. The first-order valence-electron chi connectivity index (χ1n) is 7.55. The standard InChI is InChI=1S/C18H13Cl2FN4O/c1-10-5-16(17(26)23-15-7-11(19)6-12(20)8-15)25-18(22-10)24-14-4-2-3-13(21)9-14/h2-9H,1H3,(H,23,26)(H,22,24,25). The van der Waals surface area contributed by atoms with Crippen LogP contribution < -0.4 is 10.6 Å². The third-order valence-corrected chi connectivity index (χ3v) is 3.72. The van der Waals surface area contributed by atoms with Crippen molar-refractivity contribution in [3.63, 3.8) is 0 Å². The van der Waals surface area contributed by atoms with Crippen molar-refractivity contribution in [2.75, 3.05) is 10.6 Å². The highest BCUT2D eigenvalue weighted by molar-refractivity contribution is 6.35. The van der Waals surface area contributed by atoms with E-state index in [1.54, 1.807) is 37.3 Å². The van der Waals surface area contributed by atoms with Gasteiger partial charge in [-0.05, 0) is 49.4 Å². The number of hydrogen-bond acceptors (Lipinski definition) is 4. The summed E-state index contributed by atoms with van der Waals surface area (Å²) < 4.78 is 13.3. The zero-order chi connectivity index (χ0) is 18.7. The van der Waals surface area contributed by atoms with E-state index in [1.165, 1.54) is 18.2 Å². The third kappa shape index (κ3) is 4.68. The van der Waals surface area contributed by atoms with E-state index in [-0.39, 0.29) is 11.6 Å². The average Bonchev–Trinajstić information content (AvgIpc) is 2.53. The summed E-state index contributed by atoms with van der Waals surface area (Å²) in [5.74, 6) is -0.653. The summed E-state index contributed by atoms with van der Waals surface area (Å²) in [6, 6.07) is 12.1. The number of carbonyl (C=O) groups excluding carboxylic acids is 1. The minimum atomic E-state index is -0.448. The second-order valence-corrected chi connectivity index (χ2v) is 6.34. The van der Waals surface area contributed by atoms with E-state index in [1.807, 2.05) is 0 Å². The van der Waals surface area contributed by atoms with Crippen molar-refractivity contribution in [3.8, 4) is 0 Å². The van der Waals surface area contributed by atoms with Crippen LogP contribution in [0.1, 0.15) is 16.2 Å². The lowest BCUT2D eigenvalue weighted by atomic mass is 10.2. The number of rotatable bonds is 4. The van der Waals surface area contributed by atoms with Crippen LogP contribution in [0, 0.1) is 12.7 Å². The molecular formula is C18H13Cl2FN4O. The van der Waals surface area contributed by atoms with Crippen LogP contribution in [0.5, 0.6) is 0 Å². The van der Waals surface area contributed by atoms with Gasteiger partial charge in [-0.1, -0.05) is 29.3 Å². The molecule has 0 saturated carbocycles. The Bertz CT molecular complexity index is 961. The molecule has 0 fully saturated rings. The molecule has 1 aromatic heterocycles. The van der Waals surface area contributed by atoms with Crippen molar-refractivity contribution in [3.05, 3.63) is 75.8 Å². The molecule has 1 heterocycles. The van der Waals surface area contributed by atoms with Gasteiger partial charge >= 0.3 is 0 Å². The molecule has 0 atom stereocenters. The van der Waals surface area contributed by atoms with Crippen LogP contribution in [0.25, 0.3) is 0 Å². The molecule has 0 aliphatic heterocycles. The van der Waals surface area contributed by atoms with Crippen molar-refractivity contribution in [2.24, 2.45) is 0 Å². The Balaban J connectivity index is 1.83. The molecule has 5 nitrogen and oxygen atoms in total. The van der Waals surface area contributed by atoms with Crippen molar-refractivity contribution >= 4 is 46.4 Å². The predicted molar refractivity (Wildman–Crippen MR) is 101 cm³/mol. The van der Waals surface area contributed by atoms with Gasteiger partial charge in [0.1, 0.15) is 11.5 Å². The van der Waals surface area contributed by atoms with E-state index in [9.17, 15) is 9.18 Å². The molecule has 0 radical (unpaired) electrons. The fourth-order valence-electron chi connectivity index (χ4n) is 2.26. The maximum atomic E-state index is 13.3. The fraction of sp³-hybridized carbons (Fsp3) is 0.0556. The maximum absolute atomic E-state index is 13.3. The number of aromatic nitrogens is 2. The van der Waals surface area contributed by atoms with E-state index in [2.05, 4.69) is 20.6 Å². The van der Waals surface area contributed by atoms with Gasteiger partial charge in [-0.15, -0.1) is 0 Å². The van der Waals surface area contributed by atoms with E-state index in [4.69, 9.17) is 23.2 Å². The maximum Gasteiger partial charge on any atom is 0.274 e. The highest BCUT2D eigenvalue weighted by Crippen LogP contribution is 2.23. The van der Waals surface area contributed by atoms with Crippen molar-refractivity contribution in [2.45, 2.75) is 6.92 Å². The van der Waals surface area contributed by atoms with Crippen molar-refractivity contribution < 1.29 is 9.18 Å². The van der Waals surface area contributed by atoms with Crippen LogP contribution in [0.4, 0.5) is 21.7 Å². The van der Waals surface area contributed by atoms with Crippen LogP contribution in [0.15, 0.2) is 48.5 Å². The summed E-state index contributed by atoms with van der Waals surface area (Å²) in [4.78, 5) is 20.9. The number of benzene rings is 2. The molecule has 0 aliphatic rings. The van der Waals surface area contributed by atoms with Gasteiger partial charge in [0.15, 0.2) is 0 Å². The molecule has 0 unspecified atom stereocenters. The fourth-order valence-corrected chi connectivity index (χ4v) is 2.78. The quantitative estimate of drug-likeness (QED) is 0.640. The highest BCUT2D eigenvalue weighted by atomic mass is 35.5. The molecule has 0 aliphatic carbocycles. The Kier molecular flexibility index (Phi) is 5.35. The van der Waals surface area contributed by atoms with Gasteiger partial charge in [0.05, 0.1) is 0 Å². The zero-order valence-corrected chi connectivity index (χ0v) is 15.1. The summed E-state index contributed by atoms with van der Waals surface area (Å²) >= 11 is 11.9. The molecule has 0 saturated heterocycles. The van der Waals surface area contributed by atoms with Crippen LogP contribution in [-0.4, -0.2) is 15.9 Å². The van der Waals surface area contributed by atoms with Crippen molar-refractivity contribution in [1.29, 1.82) is 0 Å². The number of hydrogen-bond donors (Lipinski definition) is 2. The molecule has 0 bridgehead atoms. The minimum absolute atomic E-state index is 0.146. The number of nitrogens with one attached hydrogen (secondary N) is 2. The SMILES string of the molecule is Cc1cc(C(=O)Nc2cc(Cl)cc(Cl)c2)nc(Nc2cccc(F)c2)n1. The van der Waals surface area contributed by atoms with Gasteiger partial charge in [0.25, 0.3) is 5.91 Å². The van der Waals surface area contributed by atoms with Gasteiger partial charge in [0.2, 0.25) is 5.95 Å². The van der Waals surface area contributed by atoms with Gasteiger partial charge < -0.3 is 10.6 Å². The Labute approximate surface area is 159 Å². The number of aryl methyl sites for hydroxylation is 1. The number of amides is 1. The predicted octanol–water partition coefficient (Wildman–Crippen LogP) is 5.23. The van der Waals surface area contributed by atoms with E-state index in [0.717, 1.165) is 0 Å². The van der Waals surface area contributed by atoms with Crippen LogP contribution in [0.2, 0.25) is 10.0 Å². The lowest BCUT2D eigenvalue weighted by molar-refractivity contribution is 0.102. The molecule has 132 valence electrons. The first kappa shape index (κ1) is 18.1. The summed E-state index contributed by atoms with van der Waals surface area (Å²) in [5.41, 5.74) is 1.65. The van der Waals surface area contributed by atoms with Gasteiger partial charge in [-0.3, -0.25) is 4.79 Å². The largest absolute Gasteiger partial charge is 0.324 e. The van der Waals surface area contributed by atoms with E-state index >= 15 is 0 Å². The minimum Gasteiger partial charge on any atom is -0.324 e. The number of halogens is 3. The summed E-state index contributed by atoms with van der Waals surface area (Å²) in [5, 5.41) is 6.37. The van der Waals surface area contributed by atoms with E-state index < -0.39 is 11.7 Å². The molecule has 2 aromatic carbocycles. The molecule has 8 heteroatoms. The zero-order valence-electron chi connectivity index (χ0n) is 13.6. The molecule has 0 spiro atoms. The average molecular weight is 391 g/mol. The lowest BCUT2D eigenvalue weighted by Crippen LogP contribution is -2.15. The molecule has 3 aromatic rings. The topological polar surface area (TPSA) is 66.9 Å². The highest BCUT2D eigenvalue weighted by Gasteiger charge is 2.12. The summed E-state index contributed by atoms with van der Waals surface area (Å²) in [6.45, 7) is 1.73. The molecule has 2 N–H and O–H groups in total. The summed E-state index contributed by atoms with van der Waals surface area (Å²) in [7, 11) is 0. The van der Waals surface area contributed by atoms with Crippen LogP contribution in [0.3, 0.4) is 0 Å². The first-order chi connectivity index (χ1) is 12.4. The Morgan fingerprint density at radius 3 is 2.42 bits per heavy atom. The number of nitrogens with zero attached hydrogens (tertiary/aromatic N) is 2. The van der Waals surface area contributed by atoms with Crippen LogP contribution >= 0.6 is 23.2 Å². The second kappa shape index (κ2) is 7.68. The second-order valence-electron chi connectivity index (χ2n) is 5.47. The summed E-state index contributed by atoms with van der Waals surface area (Å²) in [6.07, 6.45) is 0. The van der Waals surface area contributed by atoms with Gasteiger partial charge in [-0.2, -0.15) is 0 Å².